The zero-order valence-corrected chi connectivity index (χ0v) is 10.5. The van der Waals surface area contributed by atoms with Crippen molar-refractivity contribution in [2.75, 3.05) is 5.32 Å². The minimum atomic E-state index is -0.335. The number of aromatic nitrogens is 2. The third-order valence-corrected chi connectivity index (χ3v) is 2.89. The number of rotatable bonds is 4. The van der Waals surface area contributed by atoms with Gasteiger partial charge in [-0.25, -0.2) is 4.98 Å². The fraction of sp³-hybridized carbons (Fsp3) is 0.167. The maximum absolute atomic E-state index is 11.4. The molecule has 2 heterocycles. The molecule has 0 saturated carbocycles. The first-order valence-corrected chi connectivity index (χ1v) is 6.18. The van der Waals surface area contributed by atoms with Crippen molar-refractivity contribution >= 4 is 28.2 Å². The van der Waals surface area contributed by atoms with Gasteiger partial charge in [0.25, 0.3) is 0 Å². The number of anilines is 1. The third kappa shape index (κ3) is 3.21. The second kappa shape index (κ2) is 5.50. The van der Waals surface area contributed by atoms with E-state index in [4.69, 9.17) is 0 Å². The molecule has 0 spiro atoms. The van der Waals surface area contributed by atoms with Crippen LogP contribution < -0.4 is 5.32 Å². The first-order chi connectivity index (χ1) is 8.65. The summed E-state index contributed by atoms with van der Waals surface area (Å²) in [5.41, 5.74) is 1.72. The standard InChI is InChI=1S/C12H11N3O2S/c1-8(16)6-11(17)15-12-14-10(7-18-12)9-2-4-13-5-3-9/h2-5,7H,6H2,1H3,(H,14,15,17). The fourth-order valence-electron chi connectivity index (χ4n) is 1.38. The molecular weight excluding hydrogens is 250 g/mol. The smallest absolute Gasteiger partial charge is 0.233 e. The Kier molecular flexibility index (Phi) is 3.78. The number of hydrogen-bond donors (Lipinski definition) is 1. The molecule has 0 unspecified atom stereocenters. The van der Waals surface area contributed by atoms with Crippen molar-refractivity contribution in [3.8, 4) is 11.3 Å². The highest BCUT2D eigenvalue weighted by Crippen LogP contribution is 2.24. The van der Waals surface area contributed by atoms with Crippen LogP contribution in [0.25, 0.3) is 11.3 Å². The van der Waals surface area contributed by atoms with Gasteiger partial charge in [0.2, 0.25) is 5.91 Å². The summed E-state index contributed by atoms with van der Waals surface area (Å²) in [6.45, 7) is 1.38. The average molecular weight is 261 g/mol. The second-order valence-electron chi connectivity index (χ2n) is 3.70. The van der Waals surface area contributed by atoms with E-state index in [2.05, 4.69) is 15.3 Å². The van der Waals surface area contributed by atoms with Gasteiger partial charge in [-0.3, -0.25) is 14.6 Å². The Labute approximate surface area is 108 Å². The molecule has 2 rings (SSSR count). The quantitative estimate of drug-likeness (QED) is 0.856. The predicted octanol–water partition coefficient (Wildman–Crippen LogP) is 2.12. The van der Waals surface area contributed by atoms with E-state index in [-0.39, 0.29) is 18.1 Å². The van der Waals surface area contributed by atoms with Crippen LogP contribution in [0.2, 0.25) is 0 Å². The highest BCUT2D eigenvalue weighted by Gasteiger charge is 2.09. The first kappa shape index (κ1) is 12.4. The van der Waals surface area contributed by atoms with Crippen molar-refractivity contribution in [3.63, 3.8) is 0 Å². The summed E-state index contributed by atoms with van der Waals surface area (Å²) in [6, 6.07) is 3.69. The molecule has 0 aliphatic heterocycles. The average Bonchev–Trinajstić information content (AvgIpc) is 2.77. The topological polar surface area (TPSA) is 72.0 Å². The number of Topliss-reactive ketones (excluding diaryl/α,β-unsaturated/α-hetero) is 1. The molecule has 0 aromatic carbocycles. The van der Waals surface area contributed by atoms with E-state index in [0.717, 1.165) is 11.3 Å². The van der Waals surface area contributed by atoms with Crippen molar-refractivity contribution in [1.82, 2.24) is 9.97 Å². The molecule has 0 saturated heterocycles. The minimum Gasteiger partial charge on any atom is -0.302 e. The molecule has 5 nitrogen and oxygen atoms in total. The van der Waals surface area contributed by atoms with Gasteiger partial charge in [-0.15, -0.1) is 11.3 Å². The van der Waals surface area contributed by atoms with Crippen molar-refractivity contribution in [1.29, 1.82) is 0 Å². The van der Waals surface area contributed by atoms with Gasteiger partial charge in [0, 0.05) is 23.3 Å². The number of ketones is 1. The number of pyridine rings is 1. The lowest BCUT2D eigenvalue weighted by Crippen LogP contribution is -2.14. The Morgan fingerprint density at radius 2 is 2.06 bits per heavy atom. The lowest BCUT2D eigenvalue weighted by Gasteiger charge is -1.98. The van der Waals surface area contributed by atoms with Crippen LogP contribution in [0.15, 0.2) is 29.9 Å². The Morgan fingerprint density at radius 1 is 1.33 bits per heavy atom. The van der Waals surface area contributed by atoms with Gasteiger partial charge < -0.3 is 5.32 Å². The monoisotopic (exact) mass is 261 g/mol. The summed E-state index contributed by atoms with van der Waals surface area (Å²) in [4.78, 5) is 30.4. The molecule has 1 amide bonds. The van der Waals surface area contributed by atoms with Crippen LogP contribution in [0.1, 0.15) is 13.3 Å². The summed E-state index contributed by atoms with van der Waals surface area (Å²) < 4.78 is 0. The van der Waals surface area contributed by atoms with Crippen LogP contribution >= 0.6 is 11.3 Å². The van der Waals surface area contributed by atoms with Gasteiger partial charge >= 0.3 is 0 Å². The van der Waals surface area contributed by atoms with E-state index in [1.807, 2.05) is 17.5 Å². The normalized spacial score (nSPS) is 10.1. The lowest BCUT2D eigenvalue weighted by molar-refractivity contribution is -0.124. The van der Waals surface area contributed by atoms with Gasteiger partial charge in [0.05, 0.1) is 12.1 Å². The molecule has 0 fully saturated rings. The molecule has 92 valence electrons. The lowest BCUT2D eigenvalue weighted by atomic mass is 10.2. The Balaban J connectivity index is 2.07. The van der Waals surface area contributed by atoms with Crippen molar-refractivity contribution < 1.29 is 9.59 Å². The maximum atomic E-state index is 11.4. The largest absolute Gasteiger partial charge is 0.302 e. The van der Waals surface area contributed by atoms with Crippen molar-refractivity contribution in [2.45, 2.75) is 13.3 Å². The number of nitrogens with zero attached hydrogens (tertiary/aromatic N) is 2. The van der Waals surface area contributed by atoms with Crippen LogP contribution in [-0.4, -0.2) is 21.7 Å². The molecule has 0 aliphatic rings. The summed E-state index contributed by atoms with van der Waals surface area (Å²) in [7, 11) is 0. The van der Waals surface area contributed by atoms with Crippen LogP contribution in [0.4, 0.5) is 5.13 Å². The first-order valence-electron chi connectivity index (χ1n) is 5.30. The van der Waals surface area contributed by atoms with Crippen LogP contribution in [0, 0.1) is 0 Å². The maximum Gasteiger partial charge on any atom is 0.233 e. The molecule has 0 atom stereocenters. The molecule has 2 aromatic heterocycles. The van der Waals surface area contributed by atoms with Crippen LogP contribution in [0.3, 0.4) is 0 Å². The number of carbonyl (C=O) groups excluding carboxylic acids is 2. The number of thiazole rings is 1. The van der Waals surface area contributed by atoms with Gasteiger partial charge in [-0.05, 0) is 19.1 Å². The summed E-state index contributed by atoms with van der Waals surface area (Å²) >= 11 is 1.33. The Morgan fingerprint density at radius 3 is 2.72 bits per heavy atom. The van der Waals surface area contributed by atoms with Crippen LogP contribution in [0.5, 0.6) is 0 Å². The zero-order valence-electron chi connectivity index (χ0n) is 9.71. The summed E-state index contributed by atoms with van der Waals surface area (Å²) in [6.07, 6.45) is 3.25. The number of amides is 1. The highest BCUT2D eigenvalue weighted by molar-refractivity contribution is 7.14. The number of nitrogens with one attached hydrogen (secondary N) is 1. The molecule has 1 N–H and O–H groups in total. The molecule has 6 heteroatoms. The Bertz CT molecular complexity index is 566. The molecule has 0 bridgehead atoms. The van der Waals surface area contributed by atoms with Gasteiger partial charge in [0.15, 0.2) is 5.13 Å². The molecular formula is C12H11N3O2S. The van der Waals surface area contributed by atoms with Crippen LogP contribution in [-0.2, 0) is 9.59 Å². The predicted molar refractivity (Wildman–Crippen MR) is 69.3 cm³/mol. The van der Waals surface area contributed by atoms with E-state index < -0.39 is 0 Å². The number of hydrogen-bond acceptors (Lipinski definition) is 5. The fourth-order valence-corrected chi connectivity index (χ4v) is 2.11. The SMILES string of the molecule is CC(=O)CC(=O)Nc1nc(-c2ccncc2)cs1. The van der Waals surface area contributed by atoms with Crippen molar-refractivity contribution in [2.24, 2.45) is 0 Å². The molecule has 0 radical (unpaired) electrons. The summed E-state index contributed by atoms with van der Waals surface area (Å²) in [5, 5.41) is 4.93. The second-order valence-corrected chi connectivity index (χ2v) is 4.56. The summed E-state index contributed by atoms with van der Waals surface area (Å²) in [5.74, 6) is -0.503. The molecule has 2 aromatic rings. The Hall–Kier alpha value is -2.08. The van der Waals surface area contributed by atoms with E-state index in [1.54, 1.807) is 12.4 Å². The molecule has 0 aliphatic carbocycles. The van der Waals surface area contributed by atoms with Gasteiger partial charge in [0.1, 0.15) is 5.78 Å². The molecule has 18 heavy (non-hydrogen) atoms. The third-order valence-electron chi connectivity index (χ3n) is 2.14. The zero-order chi connectivity index (χ0) is 13.0. The van der Waals surface area contributed by atoms with E-state index in [1.165, 1.54) is 18.3 Å². The highest BCUT2D eigenvalue weighted by atomic mass is 32.1. The van der Waals surface area contributed by atoms with E-state index in [9.17, 15) is 9.59 Å². The van der Waals surface area contributed by atoms with E-state index in [0.29, 0.717) is 5.13 Å². The van der Waals surface area contributed by atoms with E-state index >= 15 is 0 Å². The van der Waals surface area contributed by atoms with Gasteiger partial charge in [-0.2, -0.15) is 0 Å². The minimum absolute atomic E-state index is 0.121. The van der Waals surface area contributed by atoms with Crippen molar-refractivity contribution in [3.05, 3.63) is 29.9 Å². The number of carbonyl (C=O) groups is 2. The van der Waals surface area contributed by atoms with Gasteiger partial charge in [-0.1, -0.05) is 0 Å².